The molecule has 0 aliphatic carbocycles. The fraction of sp³-hybridized carbons (Fsp3) is 0.0833. The van der Waals surface area contributed by atoms with E-state index in [1.807, 2.05) is 24.3 Å². The third-order valence-corrected chi connectivity index (χ3v) is 3.23. The number of aromatic nitrogens is 4. The zero-order valence-electron chi connectivity index (χ0n) is 9.60. The monoisotopic (exact) mass is 338 g/mol. The van der Waals surface area contributed by atoms with Crippen molar-refractivity contribution in [3.05, 3.63) is 45.8 Å². The van der Waals surface area contributed by atoms with E-state index in [2.05, 4.69) is 36.1 Å². The largest absolute Gasteiger partial charge is 0.472 e. The van der Waals surface area contributed by atoms with Crippen molar-refractivity contribution in [1.82, 2.24) is 20.2 Å². The second-order valence-electron chi connectivity index (χ2n) is 3.85. The molecule has 19 heavy (non-hydrogen) atoms. The van der Waals surface area contributed by atoms with Crippen LogP contribution in [0.25, 0.3) is 11.0 Å². The van der Waals surface area contributed by atoms with E-state index >= 15 is 0 Å². The third-order valence-electron chi connectivity index (χ3n) is 2.54. The summed E-state index contributed by atoms with van der Waals surface area (Å²) in [5.74, 6) is 0.423. The van der Waals surface area contributed by atoms with Gasteiger partial charge in [-0.15, -0.1) is 0 Å². The van der Waals surface area contributed by atoms with Crippen LogP contribution in [0.1, 0.15) is 5.56 Å². The molecule has 1 N–H and O–H groups in total. The Bertz CT molecular complexity index is 713. The van der Waals surface area contributed by atoms with E-state index in [4.69, 9.17) is 16.3 Å². The smallest absolute Gasteiger partial charge is 0.229 e. The molecule has 0 fully saturated rings. The second kappa shape index (κ2) is 5.14. The van der Waals surface area contributed by atoms with Gasteiger partial charge in [-0.1, -0.05) is 28.1 Å². The van der Waals surface area contributed by atoms with Gasteiger partial charge in [0, 0.05) is 4.47 Å². The number of ether oxygens (including phenoxy) is 1. The summed E-state index contributed by atoms with van der Waals surface area (Å²) >= 11 is 9.21. The summed E-state index contributed by atoms with van der Waals surface area (Å²) in [4.78, 5) is 8.08. The maximum absolute atomic E-state index is 5.83. The molecule has 0 saturated heterocycles. The van der Waals surface area contributed by atoms with Crippen LogP contribution in [0.5, 0.6) is 5.88 Å². The molecule has 0 unspecified atom stereocenters. The first kappa shape index (κ1) is 12.4. The molecule has 2 heterocycles. The molecule has 0 bridgehead atoms. The van der Waals surface area contributed by atoms with E-state index in [-0.39, 0.29) is 5.28 Å². The Labute approximate surface area is 122 Å². The lowest BCUT2D eigenvalue weighted by molar-refractivity contribution is 0.297. The molecule has 0 radical (unpaired) electrons. The summed E-state index contributed by atoms with van der Waals surface area (Å²) in [5.41, 5.74) is 1.60. The minimum absolute atomic E-state index is 0.127. The van der Waals surface area contributed by atoms with E-state index in [0.717, 1.165) is 10.0 Å². The van der Waals surface area contributed by atoms with Crippen LogP contribution in [0, 0.1) is 0 Å². The summed E-state index contributed by atoms with van der Waals surface area (Å²) < 4.78 is 6.70. The molecule has 7 heteroatoms. The third kappa shape index (κ3) is 2.69. The number of hydrogen-bond donors (Lipinski definition) is 1. The molecule has 0 aliphatic heterocycles. The molecule has 3 rings (SSSR count). The van der Waals surface area contributed by atoms with Crippen molar-refractivity contribution in [2.45, 2.75) is 6.61 Å². The van der Waals surface area contributed by atoms with Crippen LogP contribution < -0.4 is 4.74 Å². The maximum atomic E-state index is 5.83. The number of aromatic amines is 1. The van der Waals surface area contributed by atoms with Gasteiger partial charge in [-0.3, -0.25) is 5.10 Å². The Morgan fingerprint density at radius 3 is 2.79 bits per heavy atom. The van der Waals surface area contributed by atoms with Gasteiger partial charge < -0.3 is 4.74 Å². The summed E-state index contributed by atoms with van der Waals surface area (Å²) in [6.45, 7) is 0.404. The zero-order valence-corrected chi connectivity index (χ0v) is 11.9. The van der Waals surface area contributed by atoms with Crippen LogP contribution in [0.15, 0.2) is 34.9 Å². The number of fused-ring (bicyclic) bond motifs is 1. The lowest BCUT2D eigenvalue weighted by Crippen LogP contribution is -1.98. The molecule has 2 aromatic heterocycles. The van der Waals surface area contributed by atoms with Crippen LogP contribution in [0.4, 0.5) is 0 Å². The first-order valence-electron chi connectivity index (χ1n) is 5.46. The Morgan fingerprint density at radius 2 is 2.00 bits per heavy atom. The van der Waals surface area contributed by atoms with Crippen LogP contribution >= 0.6 is 27.5 Å². The molecular weight excluding hydrogens is 332 g/mol. The quantitative estimate of drug-likeness (QED) is 0.743. The number of nitrogens with one attached hydrogen (secondary N) is 1. The molecule has 0 atom stereocenters. The average molecular weight is 340 g/mol. The van der Waals surface area contributed by atoms with Gasteiger partial charge in [0.15, 0.2) is 5.65 Å². The van der Waals surface area contributed by atoms with Gasteiger partial charge in [-0.25, -0.2) is 0 Å². The van der Waals surface area contributed by atoms with Crippen LogP contribution in [-0.4, -0.2) is 20.2 Å². The van der Waals surface area contributed by atoms with E-state index in [1.54, 1.807) is 6.20 Å². The molecule has 0 aliphatic rings. The van der Waals surface area contributed by atoms with Gasteiger partial charge in [-0.2, -0.15) is 15.1 Å². The minimum atomic E-state index is 0.127. The van der Waals surface area contributed by atoms with Crippen molar-refractivity contribution < 1.29 is 4.74 Å². The number of halogens is 2. The van der Waals surface area contributed by atoms with E-state index in [9.17, 15) is 0 Å². The highest BCUT2D eigenvalue weighted by Gasteiger charge is 2.09. The fourth-order valence-electron chi connectivity index (χ4n) is 1.62. The number of nitrogens with zero attached hydrogens (tertiary/aromatic N) is 3. The van der Waals surface area contributed by atoms with Gasteiger partial charge >= 0.3 is 0 Å². The fourth-order valence-corrected chi connectivity index (χ4v) is 2.05. The van der Waals surface area contributed by atoms with Crippen LogP contribution in [0.2, 0.25) is 5.28 Å². The standard InChI is InChI=1S/C12H8BrClN4O/c13-8-3-1-7(2-4-8)6-19-11-9-5-15-18-10(9)16-12(14)17-11/h1-5H,6H2,(H,15,16,17,18). The van der Waals surface area contributed by atoms with Gasteiger partial charge in [0.05, 0.1) is 6.20 Å². The zero-order chi connectivity index (χ0) is 13.2. The van der Waals surface area contributed by atoms with Crippen molar-refractivity contribution in [3.8, 4) is 5.88 Å². The van der Waals surface area contributed by atoms with Crippen LogP contribution in [0.3, 0.4) is 0 Å². The van der Waals surface area contributed by atoms with Crippen molar-refractivity contribution >= 4 is 38.6 Å². The lowest BCUT2D eigenvalue weighted by Gasteiger charge is -2.06. The van der Waals surface area contributed by atoms with Crippen molar-refractivity contribution in [1.29, 1.82) is 0 Å². The van der Waals surface area contributed by atoms with Crippen molar-refractivity contribution in [3.63, 3.8) is 0 Å². The Balaban J connectivity index is 1.85. The first-order valence-corrected chi connectivity index (χ1v) is 6.63. The number of benzene rings is 1. The molecule has 0 amide bonds. The predicted molar refractivity (Wildman–Crippen MR) is 75.2 cm³/mol. The first-order chi connectivity index (χ1) is 9.22. The molecule has 3 aromatic rings. The van der Waals surface area contributed by atoms with Gasteiger partial charge in [0.2, 0.25) is 11.2 Å². The summed E-state index contributed by atoms with van der Waals surface area (Å²) in [5, 5.41) is 7.47. The lowest BCUT2D eigenvalue weighted by atomic mass is 10.2. The van der Waals surface area contributed by atoms with Crippen LogP contribution in [-0.2, 0) is 6.61 Å². The topological polar surface area (TPSA) is 63.7 Å². The van der Waals surface area contributed by atoms with E-state index in [0.29, 0.717) is 23.5 Å². The Morgan fingerprint density at radius 1 is 1.21 bits per heavy atom. The number of H-pyrrole nitrogens is 1. The van der Waals surface area contributed by atoms with E-state index in [1.165, 1.54) is 0 Å². The Hall–Kier alpha value is -1.66. The summed E-state index contributed by atoms with van der Waals surface area (Å²) in [6, 6.07) is 7.86. The normalized spacial score (nSPS) is 10.8. The summed E-state index contributed by atoms with van der Waals surface area (Å²) in [6.07, 6.45) is 1.61. The minimum Gasteiger partial charge on any atom is -0.472 e. The molecule has 0 saturated carbocycles. The highest BCUT2D eigenvalue weighted by Crippen LogP contribution is 2.23. The molecule has 0 spiro atoms. The summed E-state index contributed by atoms with van der Waals surface area (Å²) in [7, 11) is 0. The van der Waals surface area contributed by atoms with Crippen molar-refractivity contribution in [2.24, 2.45) is 0 Å². The van der Waals surface area contributed by atoms with E-state index < -0.39 is 0 Å². The van der Waals surface area contributed by atoms with Crippen molar-refractivity contribution in [2.75, 3.05) is 0 Å². The second-order valence-corrected chi connectivity index (χ2v) is 5.10. The number of hydrogen-bond acceptors (Lipinski definition) is 4. The van der Waals surface area contributed by atoms with Gasteiger partial charge in [-0.05, 0) is 29.3 Å². The SMILES string of the molecule is Clc1nc(OCc2ccc(Br)cc2)c2cn[nH]c2n1. The highest BCUT2D eigenvalue weighted by atomic mass is 79.9. The molecule has 96 valence electrons. The predicted octanol–water partition coefficient (Wildman–Crippen LogP) is 3.35. The van der Waals surface area contributed by atoms with Gasteiger partial charge in [0.25, 0.3) is 0 Å². The Kier molecular flexibility index (Phi) is 3.35. The molecular formula is C12H8BrClN4O. The molecule has 5 nitrogen and oxygen atoms in total. The average Bonchev–Trinajstić information content (AvgIpc) is 2.85. The molecule has 1 aromatic carbocycles. The maximum Gasteiger partial charge on any atom is 0.229 e. The highest BCUT2D eigenvalue weighted by molar-refractivity contribution is 9.10. The number of rotatable bonds is 3. The van der Waals surface area contributed by atoms with Gasteiger partial charge in [0.1, 0.15) is 12.0 Å².